The van der Waals surface area contributed by atoms with E-state index in [0.717, 1.165) is 0 Å². The Morgan fingerprint density at radius 3 is 2.54 bits per heavy atom. The number of thioether (sulfide) groups is 1. The summed E-state index contributed by atoms with van der Waals surface area (Å²) in [6.07, 6.45) is -0.254. The Labute approximate surface area is 216 Å². The summed E-state index contributed by atoms with van der Waals surface area (Å²) in [5.74, 6) is -0.742. The molecule has 0 radical (unpaired) electrons. The quantitative estimate of drug-likeness (QED) is 0.165. The highest BCUT2D eigenvalue weighted by Crippen LogP contribution is 2.19. The van der Waals surface area contributed by atoms with E-state index in [2.05, 4.69) is 20.8 Å². The number of nitrogens with one attached hydrogen (secondary N) is 2. The minimum atomic E-state index is -0.568. The van der Waals surface area contributed by atoms with Gasteiger partial charge in [0.25, 0.3) is 11.6 Å². The van der Waals surface area contributed by atoms with E-state index < -0.39 is 16.8 Å². The van der Waals surface area contributed by atoms with Crippen LogP contribution in [0.1, 0.15) is 47.3 Å². The number of aromatic nitrogens is 3. The lowest BCUT2D eigenvalue weighted by atomic mass is 10.2. The standard InChI is InChI=1S/C24H26N6O6S/c1-4-29-20(13-25-22(32)16-7-6-10-19(12-16)30(34)35)27-28-24(29)37-14-21(31)26-18-9-5-8-17(11-18)23(33)36-15(2)3/h5-12,15H,4,13-14H2,1-3H3,(H,25,32)(H,26,31). The second kappa shape index (κ2) is 12.6. The Balaban J connectivity index is 1.57. The van der Waals surface area contributed by atoms with Crippen LogP contribution < -0.4 is 10.6 Å². The molecule has 2 N–H and O–H groups in total. The van der Waals surface area contributed by atoms with Crippen molar-refractivity contribution in [2.45, 2.75) is 45.1 Å². The fraction of sp³-hybridized carbons (Fsp3) is 0.292. The molecule has 0 fully saturated rings. The number of anilines is 1. The smallest absolute Gasteiger partial charge is 0.338 e. The summed E-state index contributed by atoms with van der Waals surface area (Å²) in [5, 5.41) is 25.1. The van der Waals surface area contributed by atoms with E-state index in [9.17, 15) is 24.5 Å². The number of ether oxygens (including phenoxy) is 1. The molecular formula is C24H26N6O6S. The third-order valence-corrected chi connectivity index (χ3v) is 5.86. The normalized spacial score (nSPS) is 10.7. The van der Waals surface area contributed by atoms with Crippen molar-refractivity contribution in [3.63, 3.8) is 0 Å². The van der Waals surface area contributed by atoms with Crippen molar-refractivity contribution in [2.75, 3.05) is 11.1 Å². The molecule has 12 nitrogen and oxygen atoms in total. The van der Waals surface area contributed by atoms with Gasteiger partial charge in [-0.3, -0.25) is 19.7 Å². The van der Waals surface area contributed by atoms with Gasteiger partial charge in [-0.1, -0.05) is 23.9 Å². The first-order valence-corrected chi connectivity index (χ1v) is 12.3. The van der Waals surface area contributed by atoms with E-state index in [1.807, 2.05) is 6.92 Å². The zero-order valence-corrected chi connectivity index (χ0v) is 21.3. The zero-order valence-electron chi connectivity index (χ0n) is 20.5. The molecule has 194 valence electrons. The van der Waals surface area contributed by atoms with Crippen molar-refractivity contribution >= 4 is 40.9 Å². The lowest BCUT2D eigenvalue weighted by Gasteiger charge is -2.10. The van der Waals surface area contributed by atoms with Crippen LogP contribution >= 0.6 is 11.8 Å². The number of hydrogen-bond donors (Lipinski definition) is 2. The van der Waals surface area contributed by atoms with E-state index >= 15 is 0 Å². The highest BCUT2D eigenvalue weighted by Gasteiger charge is 2.16. The first-order chi connectivity index (χ1) is 17.7. The van der Waals surface area contributed by atoms with Gasteiger partial charge in [0.05, 0.1) is 28.9 Å². The molecule has 1 aromatic heterocycles. The van der Waals surface area contributed by atoms with Crippen LogP contribution in [0, 0.1) is 10.1 Å². The van der Waals surface area contributed by atoms with Crippen LogP contribution in [-0.4, -0.2) is 49.3 Å². The van der Waals surface area contributed by atoms with Crippen molar-refractivity contribution in [1.29, 1.82) is 0 Å². The van der Waals surface area contributed by atoms with Crippen LogP contribution in [0.5, 0.6) is 0 Å². The van der Waals surface area contributed by atoms with E-state index in [4.69, 9.17) is 4.74 Å². The van der Waals surface area contributed by atoms with Gasteiger partial charge in [-0.05, 0) is 45.0 Å². The fourth-order valence-corrected chi connectivity index (χ4v) is 4.05. The van der Waals surface area contributed by atoms with Crippen LogP contribution in [0.3, 0.4) is 0 Å². The Kier molecular flexibility index (Phi) is 9.33. The minimum Gasteiger partial charge on any atom is -0.459 e. The Morgan fingerprint density at radius 2 is 1.84 bits per heavy atom. The molecule has 0 saturated heterocycles. The number of rotatable bonds is 11. The maximum Gasteiger partial charge on any atom is 0.338 e. The molecule has 2 amide bonds. The predicted molar refractivity (Wildman–Crippen MR) is 136 cm³/mol. The van der Waals surface area contributed by atoms with Crippen molar-refractivity contribution in [3.05, 3.63) is 75.6 Å². The molecule has 3 rings (SSSR count). The van der Waals surface area contributed by atoms with Crippen LogP contribution in [0.2, 0.25) is 0 Å². The van der Waals surface area contributed by atoms with Crippen molar-refractivity contribution in [3.8, 4) is 0 Å². The minimum absolute atomic E-state index is 0.0405. The predicted octanol–water partition coefficient (Wildman–Crippen LogP) is 3.43. The summed E-state index contributed by atoms with van der Waals surface area (Å²) < 4.78 is 6.94. The van der Waals surface area contributed by atoms with Gasteiger partial charge in [0.2, 0.25) is 5.91 Å². The van der Waals surface area contributed by atoms with Crippen molar-refractivity contribution in [2.24, 2.45) is 0 Å². The van der Waals surface area contributed by atoms with Gasteiger partial charge < -0.3 is 19.9 Å². The molecule has 0 aliphatic carbocycles. The summed E-state index contributed by atoms with van der Waals surface area (Å²) in [7, 11) is 0. The second-order valence-electron chi connectivity index (χ2n) is 8.00. The summed E-state index contributed by atoms with van der Waals surface area (Å²) in [6, 6.07) is 11.9. The molecule has 0 aliphatic rings. The topological polar surface area (TPSA) is 158 Å². The molecule has 3 aromatic rings. The number of nitrogens with zero attached hydrogens (tertiary/aromatic N) is 4. The van der Waals surface area contributed by atoms with Crippen LogP contribution in [0.25, 0.3) is 0 Å². The molecule has 0 bridgehead atoms. The molecule has 0 unspecified atom stereocenters. The van der Waals surface area contributed by atoms with E-state index in [-0.39, 0.29) is 35.6 Å². The number of carbonyl (C=O) groups is 3. The number of hydrogen-bond acceptors (Lipinski definition) is 9. The van der Waals surface area contributed by atoms with Gasteiger partial charge in [0, 0.05) is 29.9 Å². The van der Waals surface area contributed by atoms with Crippen molar-refractivity contribution in [1.82, 2.24) is 20.1 Å². The monoisotopic (exact) mass is 526 g/mol. The molecule has 13 heteroatoms. The number of amides is 2. The second-order valence-corrected chi connectivity index (χ2v) is 8.95. The summed E-state index contributed by atoms with van der Waals surface area (Å²) in [5.41, 5.74) is 0.778. The van der Waals surface area contributed by atoms with Gasteiger partial charge in [-0.15, -0.1) is 10.2 Å². The average Bonchev–Trinajstić information content (AvgIpc) is 3.27. The number of non-ortho nitro benzene ring substituents is 1. The molecule has 2 aromatic carbocycles. The molecule has 37 heavy (non-hydrogen) atoms. The number of carbonyl (C=O) groups excluding carboxylic acids is 3. The molecular weight excluding hydrogens is 500 g/mol. The van der Waals surface area contributed by atoms with E-state index in [1.54, 1.807) is 42.7 Å². The van der Waals surface area contributed by atoms with Crippen LogP contribution in [0.15, 0.2) is 53.7 Å². The first kappa shape index (κ1) is 27.3. The van der Waals surface area contributed by atoms with Gasteiger partial charge in [0.1, 0.15) is 0 Å². The van der Waals surface area contributed by atoms with Gasteiger partial charge in [-0.25, -0.2) is 4.79 Å². The lowest BCUT2D eigenvalue weighted by molar-refractivity contribution is -0.384. The zero-order chi connectivity index (χ0) is 26.9. The maximum atomic E-state index is 12.5. The Morgan fingerprint density at radius 1 is 1.11 bits per heavy atom. The largest absolute Gasteiger partial charge is 0.459 e. The van der Waals surface area contributed by atoms with E-state index in [0.29, 0.717) is 28.8 Å². The highest BCUT2D eigenvalue weighted by molar-refractivity contribution is 7.99. The molecule has 0 saturated carbocycles. The number of benzene rings is 2. The van der Waals surface area contributed by atoms with Crippen molar-refractivity contribution < 1.29 is 24.0 Å². The molecule has 0 spiro atoms. The number of nitro benzene ring substituents is 1. The average molecular weight is 527 g/mol. The Hall–Kier alpha value is -4.26. The number of esters is 1. The maximum absolute atomic E-state index is 12.5. The highest BCUT2D eigenvalue weighted by atomic mass is 32.2. The van der Waals surface area contributed by atoms with E-state index in [1.165, 1.54) is 36.0 Å². The van der Waals surface area contributed by atoms with Crippen LogP contribution in [0.4, 0.5) is 11.4 Å². The third-order valence-electron chi connectivity index (χ3n) is 4.89. The third kappa shape index (κ3) is 7.61. The Bertz CT molecular complexity index is 1310. The summed E-state index contributed by atoms with van der Waals surface area (Å²) in [6.45, 7) is 5.94. The van der Waals surface area contributed by atoms with Crippen LogP contribution in [-0.2, 0) is 22.6 Å². The summed E-state index contributed by atoms with van der Waals surface area (Å²) in [4.78, 5) is 47.4. The SMILES string of the molecule is CCn1c(CNC(=O)c2cccc([N+](=O)[O-])c2)nnc1SCC(=O)Nc1cccc(C(=O)OC(C)C)c1. The lowest BCUT2D eigenvalue weighted by Crippen LogP contribution is -2.25. The molecule has 0 aliphatic heterocycles. The number of nitro groups is 1. The van der Waals surface area contributed by atoms with Gasteiger partial charge in [0.15, 0.2) is 11.0 Å². The summed E-state index contributed by atoms with van der Waals surface area (Å²) >= 11 is 1.17. The first-order valence-electron chi connectivity index (χ1n) is 11.4. The molecule has 0 atom stereocenters. The fourth-order valence-electron chi connectivity index (χ4n) is 3.23. The van der Waals surface area contributed by atoms with Gasteiger partial charge in [-0.2, -0.15) is 0 Å². The van der Waals surface area contributed by atoms with Gasteiger partial charge >= 0.3 is 5.97 Å². The molecule has 1 heterocycles.